The molecule has 1 amide bonds. The number of aryl methyl sites for hydroxylation is 1. The van der Waals surface area contributed by atoms with Gasteiger partial charge in [0.25, 0.3) is 5.91 Å². The molecule has 0 saturated carbocycles. The normalized spacial score (nSPS) is 11.8. The van der Waals surface area contributed by atoms with Crippen molar-refractivity contribution in [2.24, 2.45) is 0 Å². The zero-order valence-electron chi connectivity index (χ0n) is 16.3. The van der Waals surface area contributed by atoms with Gasteiger partial charge in [0.1, 0.15) is 17.2 Å². The number of hydrogen-bond acceptors (Lipinski definition) is 5. The fourth-order valence-corrected chi connectivity index (χ4v) is 4.33. The summed E-state index contributed by atoms with van der Waals surface area (Å²) in [6, 6.07) is 17.5. The Morgan fingerprint density at radius 1 is 1.14 bits per heavy atom. The third kappa shape index (κ3) is 4.03. The predicted molar refractivity (Wildman–Crippen MR) is 112 cm³/mol. The standard InChI is InChI=1S/C23H21NO4S/c1-15-7-3-4-8-16(15)12-24(2)21(25)14-28-23(26)20-11-17-13-27-19-10-6-5-9-18(19)22(17)29-20/h3-11H,12-14H2,1-2H3. The molecule has 148 valence electrons. The van der Waals surface area contributed by atoms with E-state index in [1.807, 2.05) is 55.5 Å². The molecule has 0 bridgehead atoms. The van der Waals surface area contributed by atoms with E-state index in [-0.39, 0.29) is 12.5 Å². The van der Waals surface area contributed by atoms with Crippen LogP contribution < -0.4 is 4.74 Å². The number of likely N-dealkylation sites (N-methyl/N-ethyl adjacent to an activating group) is 1. The molecule has 6 heteroatoms. The first-order valence-electron chi connectivity index (χ1n) is 9.33. The number of benzene rings is 2. The largest absolute Gasteiger partial charge is 0.488 e. The highest BCUT2D eigenvalue weighted by atomic mass is 32.1. The van der Waals surface area contributed by atoms with E-state index in [2.05, 4.69) is 0 Å². The molecule has 29 heavy (non-hydrogen) atoms. The number of carbonyl (C=O) groups is 2. The smallest absolute Gasteiger partial charge is 0.348 e. The van der Waals surface area contributed by atoms with Crippen LogP contribution in [0.3, 0.4) is 0 Å². The second kappa shape index (κ2) is 8.09. The molecule has 0 atom stereocenters. The maximum atomic E-state index is 12.5. The molecule has 0 aliphatic carbocycles. The molecule has 0 N–H and O–H groups in total. The van der Waals surface area contributed by atoms with Gasteiger partial charge in [0.15, 0.2) is 6.61 Å². The highest BCUT2D eigenvalue weighted by Crippen LogP contribution is 2.42. The molecule has 0 fully saturated rings. The number of nitrogens with zero attached hydrogens (tertiary/aromatic N) is 1. The lowest BCUT2D eigenvalue weighted by Crippen LogP contribution is -2.31. The Kier molecular flexibility index (Phi) is 5.36. The molecule has 0 saturated heterocycles. The molecule has 4 rings (SSSR count). The molecule has 0 radical (unpaired) electrons. The Labute approximate surface area is 173 Å². The molecule has 5 nitrogen and oxygen atoms in total. The molecule has 1 aliphatic rings. The van der Waals surface area contributed by atoms with Crippen molar-refractivity contribution in [3.63, 3.8) is 0 Å². The molecule has 0 spiro atoms. The Balaban J connectivity index is 1.39. The van der Waals surface area contributed by atoms with E-state index in [0.717, 1.165) is 32.9 Å². The van der Waals surface area contributed by atoms with Crippen LogP contribution in [0.1, 0.15) is 26.4 Å². The maximum Gasteiger partial charge on any atom is 0.348 e. The minimum atomic E-state index is -0.487. The van der Waals surface area contributed by atoms with Crippen LogP contribution in [0, 0.1) is 6.92 Å². The van der Waals surface area contributed by atoms with Crippen LogP contribution in [0.4, 0.5) is 0 Å². The third-order valence-electron chi connectivity index (χ3n) is 4.95. The molecule has 3 aromatic rings. The quantitative estimate of drug-likeness (QED) is 0.587. The summed E-state index contributed by atoms with van der Waals surface area (Å²) < 4.78 is 11.0. The number of para-hydroxylation sites is 1. The molecule has 1 aliphatic heterocycles. The van der Waals surface area contributed by atoms with Gasteiger partial charge in [0.2, 0.25) is 0 Å². The Morgan fingerprint density at radius 2 is 1.90 bits per heavy atom. The van der Waals surface area contributed by atoms with Gasteiger partial charge >= 0.3 is 5.97 Å². The van der Waals surface area contributed by atoms with Crippen LogP contribution in [0.15, 0.2) is 54.6 Å². The van der Waals surface area contributed by atoms with Crippen molar-refractivity contribution in [2.45, 2.75) is 20.1 Å². The second-order valence-electron chi connectivity index (χ2n) is 7.00. The van der Waals surface area contributed by atoms with Gasteiger partial charge in [-0.1, -0.05) is 36.4 Å². The van der Waals surface area contributed by atoms with Crippen LogP contribution in [0.2, 0.25) is 0 Å². The van der Waals surface area contributed by atoms with E-state index >= 15 is 0 Å². The van der Waals surface area contributed by atoms with Gasteiger partial charge in [-0.2, -0.15) is 0 Å². The number of fused-ring (bicyclic) bond motifs is 3. The average molecular weight is 407 g/mol. The monoisotopic (exact) mass is 407 g/mol. The van der Waals surface area contributed by atoms with Crippen molar-refractivity contribution >= 4 is 23.2 Å². The minimum Gasteiger partial charge on any atom is -0.488 e. The van der Waals surface area contributed by atoms with Crippen molar-refractivity contribution in [1.82, 2.24) is 4.90 Å². The topological polar surface area (TPSA) is 55.8 Å². The number of ether oxygens (including phenoxy) is 2. The van der Waals surface area contributed by atoms with Gasteiger partial charge in [0, 0.05) is 29.6 Å². The van der Waals surface area contributed by atoms with Gasteiger partial charge in [-0.3, -0.25) is 4.79 Å². The molecular formula is C23H21NO4S. The average Bonchev–Trinajstić information content (AvgIpc) is 3.18. The second-order valence-corrected chi connectivity index (χ2v) is 8.05. The van der Waals surface area contributed by atoms with Crippen LogP contribution in [0.5, 0.6) is 5.75 Å². The lowest BCUT2D eigenvalue weighted by Gasteiger charge is -2.18. The molecule has 2 heterocycles. The van der Waals surface area contributed by atoms with Crippen molar-refractivity contribution in [1.29, 1.82) is 0 Å². The zero-order chi connectivity index (χ0) is 20.4. The van der Waals surface area contributed by atoms with E-state index in [9.17, 15) is 9.59 Å². The van der Waals surface area contributed by atoms with E-state index in [4.69, 9.17) is 9.47 Å². The van der Waals surface area contributed by atoms with Gasteiger partial charge in [-0.05, 0) is 36.2 Å². The van der Waals surface area contributed by atoms with Gasteiger partial charge in [-0.25, -0.2) is 4.79 Å². The molecule has 1 aromatic heterocycles. The Morgan fingerprint density at radius 3 is 2.72 bits per heavy atom. The van der Waals surface area contributed by atoms with Crippen molar-refractivity contribution in [2.75, 3.05) is 13.7 Å². The first kappa shape index (κ1) is 19.2. The van der Waals surface area contributed by atoms with E-state index in [1.54, 1.807) is 18.0 Å². The number of rotatable bonds is 5. The fraction of sp³-hybridized carbons (Fsp3) is 0.217. The first-order valence-corrected chi connectivity index (χ1v) is 10.1. The Bertz CT molecular complexity index is 1070. The van der Waals surface area contributed by atoms with Crippen molar-refractivity contribution < 1.29 is 19.1 Å². The maximum absolute atomic E-state index is 12.5. The number of carbonyl (C=O) groups excluding carboxylic acids is 2. The lowest BCUT2D eigenvalue weighted by molar-refractivity contribution is -0.133. The Hall–Kier alpha value is -3.12. The van der Waals surface area contributed by atoms with Crippen molar-refractivity contribution in [3.05, 3.63) is 76.2 Å². The van der Waals surface area contributed by atoms with Crippen LogP contribution >= 0.6 is 11.3 Å². The highest BCUT2D eigenvalue weighted by Gasteiger charge is 2.23. The van der Waals surface area contributed by atoms with E-state index < -0.39 is 5.97 Å². The SMILES string of the molecule is Cc1ccccc1CN(C)C(=O)COC(=O)c1cc2c(s1)-c1ccccc1OC2. The molecule has 0 unspecified atom stereocenters. The third-order valence-corrected chi connectivity index (χ3v) is 6.14. The fourth-order valence-electron chi connectivity index (χ4n) is 3.24. The number of hydrogen-bond donors (Lipinski definition) is 0. The predicted octanol–water partition coefficient (Wildman–Crippen LogP) is 4.43. The number of thiophene rings is 1. The summed E-state index contributed by atoms with van der Waals surface area (Å²) in [5, 5.41) is 0. The zero-order valence-corrected chi connectivity index (χ0v) is 17.1. The summed E-state index contributed by atoms with van der Waals surface area (Å²) in [6.07, 6.45) is 0. The summed E-state index contributed by atoms with van der Waals surface area (Å²) in [5.74, 6) is 0.0888. The van der Waals surface area contributed by atoms with Gasteiger partial charge < -0.3 is 14.4 Å². The van der Waals surface area contributed by atoms with Crippen LogP contribution in [-0.2, 0) is 22.7 Å². The summed E-state index contributed by atoms with van der Waals surface area (Å²) in [6.45, 7) is 2.63. The van der Waals surface area contributed by atoms with Crippen LogP contribution in [-0.4, -0.2) is 30.4 Å². The first-order chi connectivity index (χ1) is 14.0. The lowest BCUT2D eigenvalue weighted by atomic mass is 10.1. The summed E-state index contributed by atoms with van der Waals surface area (Å²) in [7, 11) is 1.71. The summed E-state index contributed by atoms with van der Waals surface area (Å²) in [5.41, 5.74) is 4.13. The number of esters is 1. The minimum absolute atomic E-state index is 0.239. The van der Waals surface area contributed by atoms with E-state index in [0.29, 0.717) is 18.0 Å². The van der Waals surface area contributed by atoms with Gasteiger partial charge in [-0.15, -0.1) is 11.3 Å². The van der Waals surface area contributed by atoms with Crippen molar-refractivity contribution in [3.8, 4) is 16.2 Å². The van der Waals surface area contributed by atoms with Crippen LogP contribution in [0.25, 0.3) is 10.4 Å². The molecule has 2 aromatic carbocycles. The molecular weight excluding hydrogens is 386 g/mol. The number of amides is 1. The summed E-state index contributed by atoms with van der Waals surface area (Å²) in [4.78, 5) is 27.9. The summed E-state index contributed by atoms with van der Waals surface area (Å²) >= 11 is 1.37. The van der Waals surface area contributed by atoms with Gasteiger partial charge in [0.05, 0.1) is 0 Å². The highest BCUT2D eigenvalue weighted by molar-refractivity contribution is 7.17. The van der Waals surface area contributed by atoms with E-state index in [1.165, 1.54) is 11.3 Å².